The van der Waals surface area contributed by atoms with E-state index in [4.69, 9.17) is 0 Å². The van der Waals surface area contributed by atoms with Crippen LogP contribution in [-0.2, 0) is 4.79 Å². The van der Waals surface area contributed by atoms with Gasteiger partial charge in [-0.15, -0.1) is 0 Å². The average molecular weight is 929 g/mol. The van der Waals surface area contributed by atoms with E-state index in [0.29, 0.717) is 6.42 Å². The molecule has 0 radical (unpaired) electrons. The van der Waals surface area contributed by atoms with Crippen LogP contribution < -0.4 is 5.32 Å². The Kier molecular flexibility index (Phi) is 54.8. The van der Waals surface area contributed by atoms with Crippen LogP contribution in [0.2, 0.25) is 0 Å². The van der Waals surface area contributed by atoms with E-state index < -0.39 is 12.1 Å². The van der Waals surface area contributed by atoms with Crippen molar-refractivity contribution >= 4 is 5.91 Å². The van der Waals surface area contributed by atoms with Gasteiger partial charge in [0, 0.05) is 6.42 Å². The Hall–Kier alpha value is -2.95. The molecule has 0 aliphatic heterocycles. The lowest BCUT2D eigenvalue weighted by Gasteiger charge is -2.19. The number of nitrogens with one attached hydrogen (secondary N) is 1. The second-order valence-corrected chi connectivity index (χ2v) is 19.0. The molecule has 67 heavy (non-hydrogen) atoms. The minimum atomic E-state index is -0.873. The first-order chi connectivity index (χ1) is 33.2. The minimum Gasteiger partial charge on any atom is -0.394 e. The summed E-state index contributed by atoms with van der Waals surface area (Å²) in [5, 5.41) is 23.1. The normalized spacial score (nSPS) is 13.7. The average Bonchev–Trinajstić information content (AvgIpc) is 3.33. The summed E-state index contributed by atoms with van der Waals surface area (Å²) in [4.78, 5) is 12.5. The summed E-state index contributed by atoms with van der Waals surface area (Å²) in [6, 6.07) is -0.649. The zero-order valence-corrected chi connectivity index (χ0v) is 44.1. The SMILES string of the molecule is CC/C=C\C/C=C\C/C=C\C/C=C\C/C=C\C/C=C\CCCCCCCCCCCCCCCCCCCCCCC(=O)NC(CO)C(O)/C=C/CC/C=C/CC/C=C/CCCCCCCC. The van der Waals surface area contributed by atoms with Crippen LogP contribution in [0.15, 0.2) is 109 Å². The van der Waals surface area contributed by atoms with Crippen molar-refractivity contribution in [3.05, 3.63) is 109 Å². The summed E-state index contributed by atoms with van der Waals surface area (Å²) in [5.74, 6) is -0.0786. The van der Waals surface area contributed by atoms with Gasteiger partial charge in [-0.2, -0.15) is 0 Å². The number of unbranched alkanes of at least 4 members (excludes halogenated alkanes) is 28. The van der Waals surface area contributed by atoms with Crippen LogP contribution in [0, 0.1) is 0 Å². The third-order valence-corrected chi connectivity index (χ3v) is 12.5. The van der Waals surface area contributed by atoms with Crippen LogP contribution in [0.4, 0.5) is 0 Å². The zero-order chi connectivity index (χ0) is 48.5. The topological polar surface area (TPSA) is 69.6 Å². The van der Waals surface area contributed by atoms with E-state index in [0.717, 1.165) is 77.0 Å². The number of allylic oxidation sites excluding steroid dienone is 17. The molecule has 4 heteroatoms. The predicted molar refractivity (Wildman–Crippen MR) is 299 cm³/mol. The van der Waals surface area contributed by atoms with Crippen molar-refractivity contribution in [2.75, 3.05) is 6.61 Å². The van der Waals surface area contributed by atoms with Crippen LogP contribution in [0.1, 0.15) is 264 Å². The molecule has 0 saturated heterocycles. The highest BCUT2D eigenvalue weighted by molar-refractivity contribution is 5.76. The molecule has 0 aromatic rings. The molecular formula is C63H109NO3. The van der Waals surface area contributed by atoms with E-state index >= 15 is 0 Å². The fourth-order valence-corrected chi connectivity index (χ4v) is 8.16. The number of hydrogen-bond acceptors (Lipinski definition) is 3. The molecule has 0 saturated carbocycles. The third kappa shape index (κ3) is 53.9. The van der Waals surface area contributed by atoms with Gasteiger partial charge >= 0.3 is 0 Å². The molecule has 0 aromatic carbocycles. The highest BCUT2D eigenvalue weighted by Crippen LogP contribution is 2.16. The van der Waals surface area contributed by atoms with Gasteiger partial charge < -0.3 is 15.5 Å². The van der Waals surface area contributed by atoms with Crippen molar-refractivity contribution in [2.24, 2.45) is 0 Å². The molecule has 0 aromatic heterocycles. The van der Waals surface area contributed by atoms with E-state index in [1.54, 1.807) is 6.08 Å². The monoisotopic (exact) mass is 928 g/mol. The van der Waals surface area contributed by atoms with Crippen molar-refractivity contribution < 1.29 is 15.0 Å². The molecule has 2 atom stereocenters. The maximum atomic E-state index is 12.5. The van der Waals surface area contributed by atoms with Crippen molar-refractivity contribution in [2.45, 2.75) is 276 Å². The molecule has 0 bridgehead atoms. The first kappa shape index (κ1) is 64.0. The lowest BCUT2D eigenvalue weighted by molar-refractivity contribution is -0.123. The Morgan fingerprint density at radius 3 is 1.04 bits per heavy atom. The van der Waals surface area contributed by atoms with Gasteiger partial charge in [-0.3, -0.25) is 4.79 Å². The fraction of sp³-hybridized carbons (Fsp3) is 0.698. The number of amides is 1. The van der Waals surface area contributed by atoms with E-state index in [-0.39, 0.29) is 12.5 Å². The fourth-order valence-electron chi connectivity index (χ4n) is 8.16. The van der Waals surface area contributed by atoms with E-state index in [9.17, 15) is 15.0 Å². The van der Waals surface area contributed by atoms with Gasteiger partial charge in [0.1, 0.15) is 0 Å². The Balaban J connectivity index is 3.50. The first-order valence-electron chi connectivity index (χ1n) is 28.6. The van der Waals surface area contributed by atoms with Gasteiger partial charge in [-0.25, -0.2) is 0 Å². The van der Waals surface area contributed by atoms with Crippen LogP contribution in [0.3, 0.4) is 0 Å². The summed E-state index contributed by atoms with van der Waals surface area (Å²) in [7, 11) is 0. The first-order valence-corrected chi connectivity index (χ1v) is 28.6. The summed E-state index contributed by atoms with van der Waals surface area (Å²) in [5.41, 5.74) is 0. The molecule has 0 aliphatic carbocycles. The maximum absolute atomic E-state index is 12.5. The zero-order valence-electron chi connectivity index (χ0n) is 44.1. The Labute approximate surface area is 416 Å². The number of rotatable bonds is 51. The highest BCUT2D eigenvalue weighted by Gasteiger charge is 2.17. The number of hydrogen-bond donors (Lipinski definition) is 3. The molecule has 0 aliphatic rings. The molecular weight excluding hydrogens is 819 g/mol. The molecule has 4 nitrogen and oxygen atoms in total. The van der Waals surface area contributed by atoms with Gasteiger partial charge in [0.25, 0.3) is 0 Å². The van der Waals surface area contributed by atoms with Crippen molar-refractivity contribution in [1.29, 1.82) is 0 Å². The molecule has 1 amide bonds. The predicted octanol–water partition coefficient (Wildman–Crippen LogP) is 19.1. The second kappa shape index (κ2) is 57.4. The van der Waals surface area contributed by atoms with Gasteiger partial charge in [-0.1, -0.05) is 271 Å². The van der Waals surface area contributed by atoms with E-state index in [1.807, 2.05) is 6.08 Å². The standard InChI is InChI=1S/C63H109NO3/c1-3-5-7-9-11-13-15-17-19-21-22-23-24-25-26-27-28-29-30-31-32-33-34-35-36-37-38-39-40-41-42-43-45-47-49-51-53-55-57-59-63(67)64-61(60-65)62(66)58-56-54-52-50-48-46-44-20-18-16-14-12-10-8-6-4-2/h5,7,11,13,17-20,22-23,25-26,28-29,48,50,56,58,61-62,65-66H,3-4,6,8-10,12,14-16,21,24,27,30-47,49,51-55,57,59-60H2,1-2H3,(H,64,67)/b7-5-,13-11-,19-17-,20-18+,23-22-,26-25-,29-28-,50-48+,58-56+. The summed E-state index contributed by atoms with van der Waals surface area (Å²) >= 11 is 0. The minimum absolute atomic E-state index is 0.0786. The molecule has 0 fully saturated rings. The number of aliphatic hydroxyl groups is 2. The smallest absolute Gasteiger partial charge is 0.220 e. The molecule has 384 valence electrons. The lowest BCUT2D eigenvalue weighted by Crippen LogP contribution is -2.45. The van der Waals surface area contributed by atoms with E-state index in [2.05, 4.69) is 116 Å². The van der Waals surface area contributed by atoms with Gasteiger partial charge in [0.2, 0.25) is 5.91 Å². The van der Waals surface area contributed by atoms with Crippen molar-refractivity contribution in [3.63, 3.8) is 0 Å². The van der Waals surface area contributed by atoms with Crippen molar-refractivity contribution in [3.8, 4) is 0 Å². The summed E-state index contributed by atoms with van der Waals surface area (Å²) in [6.45, 7) is 4.17. The van der Waals surface area contributed by atoms with Crippen LogP contribution >= 0.6 is 0 Å². The van der Waals surface area contributed by atoms with Crippen LogP contribution in [-0.4, -0.2) is 34.9 Å². The summed E-state index contributed by atoms with van der Waals surface area (Å²) in [6.07, 6.45) is 86.9. The van der Waals surface area contributed by atoms with Gasteiger partial charge in [0.15, 0.2) is 0 Å². The Morgan fingerprint density at radius 1 is 0.373 bits per heavy atom. The molecule has 0 heterocycles. The Bertz CT molecular complexity index is 1280. The quantitative estimate of drug-likeness (QED) is 0.0420. The summed E-state index contributed by atoms with van der Waals surface area (Å²) < 4.78 is 0. The molecule has 0 rings (SSSR count). The number of aliphatic hydroxyl groups excluding tert-OH is 2. The Morgan fingerprint density at radius 2 is 0.672 bits per heavy atom. The third-order valence-electron chi connectivity index (χ3n) is 12.5. The lowest BCUT2D eigenvalue weighted by atomic mass is 10.0. The second-order valence-electron chi connectivity index (χ2n) is 19.0. The van der Waals surface area contributed by atoms with Gasteiger partial charge in [0.05, 0.1) is 18.8 Å². The maximum Gasteiger partial charge on any atom is 0.220 e. The largest absolute Gasteiger partial charge is 0.394 e. The number of carbonyl (C=O) groups is 1. The molecule has 2 unspecified atom stereocenters. The molecule has 3 N–H and O–H groups in total. The van der Waals surface area contributed by atoms with Crippen molar-refractivity contribution in [1.82, 2.24) is 5.32 Å². The van der Waals surface area contributed by atoms with E-state index in [1.165, 1.54) is 167 Å². The van der Waals surface area contributed by atoms with Gasteiger partial charge in [-0.05, 0) is 96.3 Å². The molecule has 0 spiro atoms. The number of carbonyl (C=O) groups excluding carboxylic acids is 1. The van der Waals surface area contributed by atoms with Crippen LogP contribution in [0.5, 0.6) is 0 Å². The van der Waals surface area contributed by atoms with Crippen LogP contribution in [0.25, 0.3) is 0 Å². The highest BCUT2D eigenvalue weighted by atomic mass is 16.3.